The lowest BCUT2D eigenvalue weighted by molar-refractivity contribution is 0.0573. The number of halogens is 2. The second-order valence-corrected chi connectivity index (χ2v) is 7.97. The summed E-state index contributed by atoms with van der Waals surface area (Å²) in [5.74, 6) is 0.450. The number of hydrogen-bond donors (Lipinski definition) is 0. The molecule has 2 aromatic heterocycles. The van der Waals surface area contributed by atoms with Crippen LogP contribution in [0, 0.1) is 0 Å². The van der Waals surface area contributed by atoms with E-state index < -0.39 is 6.43 Å². The largest absolute Gasteiger partial charge is 0.497 e. The number of hydrogen-bond acceptors (Lipinski definition) is 5. The normalized spacial score (nSPS) is 19.2. The average molecular weight is 427 g/mol. The number of fused-ring (bicyclic) bond motifs is 2. The van der Waals surface area contributed by atoms with Crippen molar-refractivity contribution >= 4 is 11.6 Å². The topological polar surface area (TPSA) is 63.0 Å². The maximum atomic E-state index is 13.8. The minimum absolute atomic E-state index is 0.155. The van der Waals surface area contributed by atoms with Crippen molar-refractivity contribution in [3.05, 3.63) is 47.8 Å². The number of piperazine rings is 1. The fourth-order valence-corrected chi connectivity index (χ4v) is 4.55. The highest BCUT2D eigenvalue weighted by Crippen LogP contribution is 2.29. The SMILES string of the molecule is COc1ccc(-c2cc(C(F)F)n3ncc(C(=O)N4CCN5CCC[C@@H]5C4)c3n2)cc1. The van der Waals surface area contributed by atoms with Gasteiger partial charge in [0.05, 0.1) is 19.0 Å². The van der Waals surface area contributed by atoms with Gasteiger partial charge in [-0.1, -0.05) is 0 Å². The minimum Gasteiger partial charge on any atom is -0.497 e. The number of alkyl halides is 2. The van der Waals surface area contributed by atoms with Crippen LogP contribution in [0.1, 0.15) is 35.3 Å². The molecule has 5 rings (SSSR count). The summed E-state index contributed by atoms with van der Waals surface area (Å²) in [6, 6.07) is 8.69. The molecule has 0 unspecified atom stereocenters. The number of rotatable bonds is 4. The molecule has 2 aliphatic heterocycles. The Labute approximate surface area is 178 Å². The summed E-state index contributed by atoms with van der Waals surface area (Å²) in [4.78, 5) is 22.1. The van der Waals surface area contributed by atoms with Crippen LogP contribution in [0.5, 0.6) is 5.75 Å². The molecular weight excluding hydrogens is 404 g/mol. The number of carbonyl (C=O) groups excluding carboxylic acids is 1. The number of aromatic nitrogens is 3. The van der Waals surface area contributed by atoms with Gasteiger partial charge in [0.15, 0.2) is 5.65 Å². The Morgan fingerprint density at radius 3 is 2.74 bits per heavy atom. The lowest BCUT2D eigenvalue weighted by Gasteiger charge is -2.37. The zero-order valence-corrected chi connectivity index (χ0v) is 17.2. The first-order valence-electron chi connectivity index (χ1n) is 10.4. The predicted molar refractivity (Wildman–Crippen MR) is 110 cm³/mol. The first-order valence-corrected chi connectivity index (χ1v) is 10.4. The van der Waals surface area contributed by atoms with E-state index in [0.29, 0.717) is 36.1 Å². The van der Waals surface area contributed by atoms with Crippen LogP contribution in [0.15, 0.2) is 36.5 Å². The Bertz CT molecular complexity index is 1120. The number of carbonyl (C=O) groups is 1. The Hall–Kier alpha value is -3.07. The molecule has 3 aromatic rings. The molecule has 9 heteroatoms. The van der Waals surface area contributed by atoms with Gasteiger partial charge < -0.3 is 9.64 Å². The van der Waals surface area contributed by atoms with Gasteiger partial charge in [0.2, 0.25) is 0 Å². The van der Waals surface area contributed by atoms with Crippen molar-refractivity contribution in [3.8, 4) is 17.0 Å². The van der Waals surface area contributed by atoms with Crippen LogP contribution in [0.3, 0.4) is 0 Å². The van der Waals surface area contributed by atoms with Crippen LogP contribution in [0.4, 0.5) is 8.78 Å². The van der Waals surface area contributed by atoms with Gasteiger partial charge in [0.1, 0.15) is 17.0 Å². The van der Waals surface area contributed by atoms with Crippen molar-refractivity contribution in [3.63, 3.8) is 0 Å². The van der Waals surface area contributed by atoms with Crippen molar-refractivity contribution in [2.75, 3.05) is 33.3 Å². The van der Waals surface area contributed by atoms with Crippen molar-refractivity contribution < 1.29 is 18.3 Å². The molecule has 4 heterocycles. The van der Waals surface area contributed by atoms with Gasteiger partial charge in [-0.2, -0.15) is 5.10 Å². The lowest BCUT2D eigenvalue weighted by atomic mass is 10.1. The third-order valence-electron chi connectivity index (χ3n) is 6.21. The molecule has 2 fully saturated rings. The third kappa shape index (κ3) is 3.52. The molecule has 7 nitrogen and oxygen atoms in total. The number of amides is 1. The zero-order chi connectivity index (χ0) is 21.5. The highest BCUT2D eigenvalue weighted by atomic mass is 19.3. The molecule has 2 saturated heterocycles. The summed E-state index contributed by atoms with van der Waals surface area (Å²) in [6.45, 7) is 3.18. The van der Waals surface area contributed by atoms with Crippen molar-refractivity contribution in [2.45, 2.75) is 25.3 Å². The summed E-state index contributed by atoms with van der Waals surface area (Å²) in [5.41, 5.74) is 1.13. The summed E-state index contributed by atoms with van der Waals surface area (Å²) < 4.78 is 33.9. The molecule has 0 N–H and O–H groups in total. The second kappa shape index (κ2) is 7.88. The monoisotopic (exact) mass is 427 g/mol. The Kier molecular flexibility index (Phi) is 5.05. The molecule has 1 atom stereocenters. The highest BCUT2D eigenvalue weighted by Gasteiger charge is 2.34. The minimum atomic E-state index is -2.76. The summed E-state index contributed by atoms with van der Waals surface area (Å²) >= 11 is 0. The lowest BCUT2D eigenvalue weighted by Crippen LogP contribution is -2.52. The molecular formula is C22H23F2N5O2. The van der Waals surface area contributed by atoms with Gasteiger partial charge in [-0.15, -0.1) is 0 Å². The Morgan fingerprint density at radius 1 is 1.19 bits per heavy atom. The van der Waals surface area contributed by atoms with Crippen LogP contribution >= 0.6 is 0 Å². The molecule has 0 bridgehead atoms. The molecule has 0 spiro atoms. The molecule has 2 aliphatic rings. The number of nitrogens with zero attached hydrogens (tertiary/aromatic N) is 5. The van der Waals surface area contributed by atoms with Crippen molar-refractivity contribution in [1.82, 2.24) is 24.4 Å². The van der Waals surface area contributed by atoms with Crippen LogP contribution in [0.25, 0.3) is 16.9 Å². The van der Waals surface area contributed by atoms with E-state index in [1.807, 2.05) is 0 Å². The van der Waals surface area contributed by atoms with E-state index in [2.05, 4.69) is 15.0 Å². The van der Waals surface area contributed by atoms with E-state index in [1.165, 1.54) is 12.3 Å². The molecule has 0 saturated carbocycles. The van der Waals surface area contributed by atoms with Gasteiger partial charge >= 0.3 is 0 Å². The van der Waals surface area contributed by atoms with Crippen molar-refractivity contribution in [1.29, 1.82) is 0 Å². The maximum absolute atomic E-state index is 13.8. The highest BCUT2D eigenvalue weighted by molar-refractivity contribution is 6.00. The summed E-state index contributed by atoms with van der Waals surface area (Å²) in [5, 5.41) is 4.08. The molecule has 0 radical (unpaired) electrons. The number of ether oxygens (including phenoxy) is 1. The fourth-order valence-electron chi connectivity index (χ4n) is 4.55. The van der Waals surface area contributed by atoms with Gasteiger partial charge in [0.25, 0.3) is 12.3 Å². The van der Waals surface area contributed by atoms with Gasteiger partial charge in [-0.25, -0.2) is 18.3 Å². The number of methoxy groups -OCH3 is 1. The third-order valence-corrected chi connectivity index (χ3v) is 6.21. The van der Waals surface area contributed by atoms with Crippen LogP contribution in [0.2, 0.25) is 0 Å². The maximum Gasteiger partial charge on any atom is 0.280 e. The summed E-state index contributed by atoms with van der Waals surface area (Å²) in [7, 11) is 1.56. The average Bonchev–Trinajstić information content (AvgIpc) is 3.44. The van der Waals surface area contributed by atoms with E-state index in [0.717, 1.165) is 30.4 Å². The quantitative estimate of drug-likeness (QED) is 0.640. The fraction of sp³-hybridized carbons (Fsp3) is 0.409. The molecule has 1 amide bonds. The van der Waals surface area contributed by atoms with Crippen molar-refractivity contribution in [2.24, 2.45) is 0 Å². The van der Waals surface area contributed by atoms with Gasteiger partial charge in [0, 0.05) is 31.2 Å². The number of benzene rings is 1. The predicted octanol–water partition coefficient (Wildman–Crippen LogP) is 3.26. The van der Waals surface area contributed by atoms with E-state index in [4.69, 9.17) is 4.74 Å². The van der Waals surface area contributed by atoms with E-state index in [1.54, 1.807) is 36.3 Å². The summed E-state index contributed by atoms with van der Waals surface area (Å²) in [6.07, 6.45) is 0.824. The van der Waals surface area contributed by atoms with E-state index >= 15 is 0 Å². The van der Waals surface area contributed by atoms with Gasteiger partial charge in [-0.05, 0) is 49.7 Å². The first-order chi connectivity index (χ1) is 15.0. The van der Waals surface area contributed by atoms with E-state index in [-0.39, 0.29) is 22.8 Å². The van der Waals surface area contributed by atoms with Crippen LogP contribution in [-0.2, 0) is 0 Å². The van der Waals surface area contributed by atoms with Crippen LogP contribution < -0.4 is 4.74 Å². The van der Waals surface area contributed by atoms with Crippen LogP contribution in [-0.4, -0.2) is 69.6 Å². The molecule has 0 aliphatic carbocycles. The second-order valence-electron chi connectivity index (χ2n) is 7.97. The van der Waals surface area contributed by atoms with E-state index in [9.17, 15) is 13.6 Å². The first kappa shape index (κ1) is 19.9. The zero-order valence-electron chi connectivity index (χ0n) is 17.2. The van der Waals surface area contributed by atoms with Gasteiger partial charge in [-0.3, -0.25) is 9.69 Å². The Balaban J connectivity index is 1.54. The molecule has 31 heavy (non-hydrogen) atoms. The molecule has 162 valence electrons. The standard InChI is InChI=1S/C22H23F2N5O2/c1-31-16-6-4-14(5-7-16)18-11-19(20(23)24)29-21(26-18)17(12-25-29)22(30)28-10-9-27-8-2-3-15(27)13-28/h4-7,11-12,15,20H,2-3,8-10,13H2,1H3/t15-/m1/s1. The smallest absolute Gasteiger partial charge is 0.280 e. The molecule has 1 aromatic carbocycles. The Morgan fingerprint density at radius 2 is 2.00 bits per heavy atom.